The standard InChI is InChI=1S/C17H17N3/c1-12-8-9-20-17(10-12)16(11-19-20)15-6-4-14(5-7-15)13(2)18-3/h4-11,18H,2H2,1,3H3. The number of fused-ring (bicyclic) bond motifs is 1. The molecule has 0 radical (unpaired) electrons. The maximum atomic E-state index is 4.40. The van der Waals surface area contributed by atoms with Crippen LogP contribution in [0.25, 0.3) is 22.3 Å². The molecule has 3 rings (SSSR count). The molecule has 0 saturated heterocycles. The number of rotatable bonds is 3. The highest BCUT2D eigenvalue weighted by Crippen LogP contribution is 2.26. The van der Waals surface area contributed by atoms with E-state index in [9.17, 15) is 0 Å². The van der Waals surface area contributed by atoms with Gasteiger partial charge in [-0.2, -0.15) is 5.10 Å². The molecule has 0 unspecified atom stereocenters. The number of pyridine rings is 1. The largest absolute Gasteiger partial charge is 0.388 e. The summed E-state index contributed by atoms with van der Waals surface area (Å²) in [5.41, 5.74) is 6.70. The Labute approximate surface area is 118 Å². The molecule has 0 saturated carbocycles. The molecule has 3 aromatic rings. The lowest BCUT2D eigenvalue weighted by atomic mass is 10.0. The maximum Gasteiger partial charge on any atom is 0.0742 e. The van der Waals surface area contributed by atoms with Crippen molar-refractivity contribution in [2.24, 2.45) is 0 Å². The maximum absolute atomic E-state index is 4.40. The molecule has 0 atom stereocenters. The normalized spacial score (nSPS) is 10.7. The first kappa shape index (κ1) is 12.5. The molecule has 20 heavy (non-hydrogen) atoms. The molecule has 3 heteroatoms. The van der Waals surface area contributed by atoms with Crippen LogP contribution in [0.3, 0.4) is 0 Å². The monoisotopic (exact) mass is 263 g/mol. The number of aromatic nitrogens is 2. The highest BCUT2D eigenvalue weighted by atomic mass is 15.2. The SMILES string of the molecule is C=C(NC)c1ccc(-c2cnn3ccc(C)cc23)cc1. The van der Waals surface area contributed by atoms with E-state index in [4.69, 9.17) is 0 Å². The summed E-state index contributed by atoms with van der Waals surface area (Å²) in [7, 11) is 1.88. The topological polar surface area (TPSA) is 29.3 Å². The summed E-state index contributed by atoms with van der Waals surface area (Å²) in [5, 5.41) is 7.46. The van der Waals surface area contributed by atoms with Crippen LogP contribution in [0.2, 0.25) is 0 Å². The minimum atomic E-state index is 0.923. The van der Waals surface area contributed by atoms with Gasteiger partial charge in [0.2, 0.25) is 0 Å². The Balaban J connectivity index is 2.07. The summed E-state index contributed by atoms with van der Waals surface area (Å²) in [6, 6.07) is 12.6. The van der Waals surface area contributed by atoms with E-state index in [0.717, 1.165) is 22.3 Å². The minimum Gasteiger partial charge on any atom is -0.388 e. The van der Waals surface area contributed by atoms with Crippen LogP contribution >= 0.6 is 0 Å². The Morgan fingerprint density at radius 2 is 1.95 bits per heavy atom. The van der Waals surface area contributed by atoms with Crippen molar-refractivity contribution < 1.29 is 0 Å². The van der Waals surface area contributed by atoms with Crippen molar-refractivity contribution in [3.8, 4) is 11.1 Å². The van der Waals surface area contributed by atoms with E-state index >= 15 is 0 Å². The fraction of sp³-hybridized carbons (Fsp3) is 0.118. The summed E-state index contributed by atoms with van der Waals surface area (Å²) in [5.74, 6) is 0. The molecule has 0 amide bonds. The molecule has 1 N–H and O–H groups in total. The molecule has 0 bridgehead atoms. The van der Waals surface area contributed by atoms with Gasteiger partial charge in [-0.3, -0.25) is 0 Å². The van der Waals surface area contributed by atoms with Gasteiger partial charge in [-0.1, -0.05) is 30.8 Å². The van der Waals surface area contributed by atoms with Crippen molar-refractivity contribution in [3.63, 3.8) is 0 Å². The van der Waals surface area contributed by atoms with Gasteiger partial charge in [0.05, 0.1) is 11.7 Å². The van der Waals surface area contributed by atoms with E-state index in [1.807, 2.05) is 24.0 Å². The molecule has 0 spiro atoms. The third-order valence-electron chi connectivity index (χ3n) is 3.52. The lowest BCUT2D eigenvalue weighted by molar-refractivity contribution is 0.958. The Morgan fingerprint density at radius 1 is 1.20 bits per heavy atom. The Bertz CT molecular complexity index is 767. The molecule has 0 aliphatic heterocycles. The Kier molecular flexibility index (Phi) is 3.03. The zero-order valence-electron chi connectivity index (χ0n) is 11.7. The number of hydrogen-bond donors (Lipinski definition) is 1. The van der Waals surface area contributed by atoms with E-state index in [1.54, 1.807) is 0 Å². The molecule has 0 aliphatic rings. The van der Waals surface area contributed by atoms with Crippen LogP contribution < -0.4 is 5.32 Å². The van der Waals surface area contributed by atoms with E-state index < -0.39 is 0 Å². The van der Waals surface area contributed by atoms with E-state index in [-0.39, 0.29) is 0 Å². The van der Waals surface area contributed by atoms with Gasteiger partial charge in [0.25, 0.3) is 0 Å². The first-order chi connectivity index (χ1) is 9.69. The number of nitrogens with one attached hydrogen (secondary N) is 1. The second kappa shape index (κ2) is 4.85. The van der Waals surface area contributed by atoms with Crippen LogP contribution in [0.1, 0.15) is 11.1 Å². The summed E-state index contributed by atoms with van der Waals surface area (Å²) < 4.78 is 1.91. The second-order valence-corrected chi connectivity index (χ2v) is 4.90. The quantitative estimate of drug-likeness (QED) is 0.783. The highest BCUT2D eigenvalue weighted by Gasteiger charge is 2.07. The van der Waals surface area contributed by atoms with Crippen molar-refractivity contribution >= 4 is 11.2 Å². The van der Waals surface area contributed by atoms with Crippen LogP contribution in [0.4, 0.5) is 0 Å². The van der Waals surface area contributed by atoms with Crippen molar-refractivity contribution in [2.75, 3.05) is 7.05 Å². The van der Waals surface area contributed by atoms with Gasteiger partial charge in [-0.05, 0) is 35.7 Å². The van der Waals surface area contributed by atoms with Crippen molar-refractivity contribution in [1.82, 2.24) is 14.9 Å². The fourth-order valence-corrected chi connectivity index (χ4v) is 2.30. The molecule has 2 heterocycles. The number of benzene rings is 1. The molecule has 1 aromatic carbocycles. The van der Waals surface area contributed by atoms with Crippen molar-refractivity contribution in [3.05, 3.63) is 66.5 Å². The zero-order chi connectivity index (χ0) is 14.1. The smallest absolute Gasteiger partial charge is 0.0742 e. The van der Waals surface area contributed by atoms with Gasteiger partial charge < -0.3 is 5.32 Å². The third-order valence-corrected chi connectivity index (χ3v) is 3.52. The Morgan fingerprint density at radius 3 is 2.65 bits per heavy atom. The van der Waals surface area contributed by atoms with E-state index in [1.165, 1.54) is 11.1 Å². The van der Waals surface area contributed by atoms with Crippen LogP contribution in [0.5, 0.6) is 0 Å². The van der Waals surface area contributed by atoms with Crippen molar-refractivity contribution in [1.29, 1.82) is 0 Å². The van der Waals surface area contributed by atoms with Gasteiger partial charge in [0.1, 0.15) is 0 Å². The summed E-state index contributed by atoms with van der Waals surface area (Å²) in [6.07, 6.45) is 3.90. The summed E-state index contributed by atoms with van der Waals surface area (Å²) >= 11 is 0. The van der Waals surface area contributed by atoms with Crippen molar-refractivity contribution in [2.45, 2.75) is 6.92 Å². The first-order valence-corrected chi connectivity index (χ1v) is 6.60. The number of aryl methyl sites for hydroxylation is 1. The lowest BCUT2D eigenvalue weighted by Crippen LogP contribution is -2.02. The molecule has 2 aromatic heterocycles. The van der Waals surface area contributed by atoms with Gasteiger partial charge in [0.15, 0.2) is 0 Å². The van der Waals surface area contributed by atoms with Gasteiger partial charge in [0, 0.05) is 24.5 Å². The second-order valence-electron chi connectivity index (χ2n) is 4.90. The predicted octanol–water partition coefficient (Wildman–Crippen LogP) is 3.50. The third kappa shape index (κ3) is 2.07. The number of nitrogens with zero attached hydrogens (tertiary/aromatic N) is 2. The number of hydrogen-bond acceptors (Lipinski definition) is 2. The first-order valence-electron chi connectivity index (χ1n) is 6.60. The molecule has 100 valence electrons. The predicted molar refractivity (Wildman–Crippen MR) is 83.5 cm³/mol. The van der Waals surface area contributed by atoms with Gasteiger partial charge >= 0.3 is 0 Å². The summed E-state index contributed by atoms with van der Waals surface area (Å²) in [6.45, 7) is 6.06. The molecular weight excluding hydrogens is 246 g/mol. The van der Waals surface area contributed by atoms with Crippen LogP contribution in [-0.4, -0.2) is 16.7 Å². The van der Waals surface area contributed by atoms with E-state index in [2.05, 4.69) is 60.3 Å². The van der Waals surface area contributed by atoms with Crippen LogP contribution in [-0.2, 0) is 0 Å². The van der Waals surface area contributed by atoms with Gasteiger partial charge in [-0.15, -0.1) is 0 Å². The van der Waals surface area contributed by atoms with Crippen LogP contribution in [0, 0.1) is 6.92 Å². The Hall–Kier alpha value is -2.55. The molecular formula is C17H17N3. The fourth-order valence-electron chi connectivity index (χ4n) is 2.30. The van der Waals surface area contributed by atoms with E-state index in [0.29, 0.717) is 0 Å². The van der Waals surface area contributed by atoms with Gasteiger partial charge in [-0.25, -0.2) is 4.52 Å². The summed E-state index contributed by atoms with van der Waals surface area (Å²) in [4.78, 5) is 0. The molecule has 3 nitrogen and oxygen atoms in total. The highest BCUT2D eigenvalue weighted by molar-refractivity contribution is 5.81. The lowest BCUT2D eigenvalue weighted by Gasteiger charge is -2.06. The minimum absolute atomic E-state index is 0.923. The molecule has 0 aliphatic carbocycles. The average Bonchev–Trinajstić information content (AvgIpc) is 2.89. The average molecular weight is 263 g/mol. The molecule has 0 fully saturated rings. The zero-order valence-corrected chi connectivity index (χ0v) is 11.7. The van der Waals surface area contributed by atoms with Crippen LogP contribution in [0.15, 0.2) is 55.4 Å².